The number of nitrogens with one attached hydrogen (secondary N) is 1. The molecule has 9 heteroatoms. The first-order chi connectivity index (χ1) is 10.9. The van der Waals surface area contributed by atoms with Crippen LogP contribution in [0.2, 0.25) is 0 Å². The van der Waals surface area contributed by atoms with Crippen molar-refractivity contribution in [3.8, 4) is 0 Å². The van der Waals surface area contributed by atoms with Crippen molar-refractivity contribution in [1.82, 2.24) is 0 Å². The zero-order valence-electron chi connectivity index (χ0n) is 12.2. The van der Waals surface area contributed by atoms with Crippen LogP contribution in [-0.2, 0) is 19.4 Å². The van der Waals surface area contributed by atoms with Crippen LogP contribution in [0.3, 0.4) is 0 Å². The molecule has 0 aromatic heterocycles. The lowest BCUT2D eigenvalue weighted by Crippen LogP contribution is -2.29. The minimum atomic E-state index is -3.61. The number of ether oxygens (including phenoxy) is 1. The molecule has 1 aromatic carbocycles. The third-order valence-electron chi connectivity index (χ3n) is 3.19. The van der Waals surface area contributed by atoms with E-state index in [0.717, 1.165) is 6.42 Å². The predicted molar refractivity (Wildman–Crippen MR) is 84.6 cm³/mol. The number of sulfone groups is 1. The van der Waals surface area contributed by atoms with Gasteiger partial charge in [0.25, 0.3) is 5.76 Å². The summed E-state index contributed by atoms with van der Waals surface area (Å²) < 4.78 is 54.2. The van der Waals surface area contributed by atoms with Crippen molar-refractivity contribution in [3.63, 3.8) is 0 Å². The van der Waals surface area contributed by atoms with E-state index in [-0.39, 0.29) is 22.4 Å². The number of benzene rings is 1. The topological polar surface area (TPSA) is 72.5 Å². The molecule has 0 saturated carbocycles. The number of carbonyl (C=O) groups is 1. The smallest absolute Gasteiger partial charge is 0.288 e. The Labute approximate surface area is 137 Å². The number of thioether (sulfide) groups is 1. The van der Waals surface area contributed by atoms with Crippen LogP contribution >= 0.6 is 11.8 Å². The molecule has 128 valence electrons. The molecule has 1 aliphatic rings. The summed E-state index contributed by atoms with van der Waals surface area (Å²) in [5, 5.41) is 2.38. The van der Waals surface area contributed by atoms with Gasteiger partial charge in [-0.2, -0.15) is 8.78 Å². The average Bonchev–Trinajstić information content (AvgIpc) is 2.91. The van der Waals surface area contributed by atoms with Crippen LogP contribution in [-0.4, -0.2) is 44.3 Å². The molecule has 1 amide bonds. The molecule has 0 aliphatic carbocycles. The summed E-state index contributed by atoms with van der Waals surface area (Å²) in [6.07, 6.45) is 1.11. The Morgan fingerprint density at radius 3 is 2.78 bits per heavy atom. The maximum absolute atomic E-state index is 12.5. The fraction of sp³-hybridized carbons (Fsp3) is 0.500. The van der Waals surface area contributed by atoms with Crippen molar-refractivity contribution >= 4 is 33.2 Å². The molecular formula is C14H17F2NO4S2. The van der Waals surface area contributed by atoms with Gasteiger partial charge in [0.15, 0.2) is 9.84 Å². The summed E-state index contributed by atoms with van der Waals surface area (Å²) in [6.45, 7) is 0.532. The molecule has 1 heterocycles. The van der Waals surface area contributed by atoms with Crippen LogP contribution in [0.4, 0.5) is 14.5 Å². The van der Waals surface area contributed by atoms with Gasteiger partial charge in [0.1, 0.15) is 5.75 Å². The maximum Gasteiger partial charge on any atom is 0.288 e. The molecule has 1 aliphatic heterocycles. The molecule has 1 aromatic rings. The Bertz CT molecular complexity index is 646. The monoisotopic (exact) mass is 365 g/mol. The highest BCUT2D eigenvalue weighted by Gasteiger charge is 2.25. The number of hydrogen-bond acceptors (Lipinski definition) is 5. The van der Waals surface area contributed by atoms with E-state index >= 15 is 0 Å². The lowest BCUT2D eigenvalue weighted by Gasteiger charge is -2.12. The first kappa shape index (κ1) is 18.2. The highest BCUT2D eigenvalue weighted by Crippen LogP contribution is 2.31. The van der Waals surface area contributed by atoms with Crippen molar-refractivity contribution in [2.45, 2.75) is 29.6 Å². The Hall–Kier alpha value is -1.19. The van der Waals surface area contributed by atoms with Crippen molar-refractivity contribution in [2.75, 3.05) is 23.4 Å². The third-order valence-corrected chi connectivity index (χ3v) is 5.56. The van der Waals surface area contributed by atoms with Gasteiger partial charge in [-0.3, -0.25) is 4.79 Å². The fourth-order valence-corrected chi connectivity index (χ4v) is 4.29. The number of carbonyl (C=O) groups excluding carboxylic acids is 1. The molecule has 1 atom stereocenters. The molecule has 0 unspecified atom stereocenters. The number of para-hydroxylation sites is 1. The second kappa shape index (κ2) is 8.07. The molecule has 0 bridgehead atoms. The number of halogens is 2. The number of alkyl halides is 2. The number of rotatable bonds is 7. The largest absolute Gasteiger partial charge is 0.377 e. The lowest BCUT2D eigenvalue weighted by atomic mass is 10.3. The quantitative estimate of drug-likeness (QED) is 0.752. The molecule has 23 heavy (non-hydrogen) atoms. The normalized spacial score (nSPS) is 18.3. The summed E-state index contributed by atoms with van der Waals surface area (Å²) in [5.41, 5.74) is 0.176. The highest BCUT2D eigenvalue weighted by atomic mass is 32.2. The highest BCUT2D eigenvalue weighted by molar-refractivity contribution is 7.99. The molecule has 5 nitrogen and oxygen atoms in total. The summed E-state index contributed by atoms with van der Waals surface area (Å²) in [4.78, 5) is 12.1. The summed E-state index contributed by atoms with van der Waals surface area (Å²) >= 11 is 0.294. The Morgan fingerprint density at radius 2 is 2.13 bits per heavy atom. The van der Waals surface area contributed by atoms with Gasteiger partial charge in [0.2, 0.25) is 5.91 Å². The molecule has 2 rings (SSSR count). The lowest BCUT2D eigenvalue weighted by molar-refractivity contribution is -0.113. The first-order valence-corrected chi connectivity index (χ1v) is 9.71. The van der Waals surface area contributed by atoms with Gasteiger partial charge in [0.05, 0.1) is 17.5 Å². The SMILES string of the molecule is O=C(CS(=O)(=O)C[C@@H]1CCCO1)Nc1ccccc1SC(F)F. The molecule has 0 spiro atoms. The first-order valence-electron chi connectivity index (χ1n) is 7.01. The second-order valence-corrected chi connectivity index (χ2v) is 8.25. The maximum atomic E-state index is 12.5. The van der Waals surface area contributed by atoms with E-state index in [2.05, 4.69) is 5.32 Å². The van der Waals surface area contributed by atoms with Crippen molar-refractivity contribution in [3.05, 3.63) is 24.3 Å². The van der Waals surface area contributed by atoms with Crippen LogP contribution < -0.4 is 5.32 Å². The van der Waals surface area contributed by atoms with Gasteiger partial charge in [-0.15, -0.1) is 0 Å². The summed E-state index contributed by atoms with van der Waals surface area (Å²) in [7, 11) is -3.61. The van der Waals surface area contributed by atoms with Crippen molar-refractivity contribution < 1.29 is 26.7 Å². The van der Waals surface area contributed by atoms with E-state index < -0.39 is 27.3 Å². The summed E-state index contributed by atoms with van der Waals surface area (Å²) in [6, 6.07) is 6.03. The Kier molecular flexibility index (Phi) is 6.37. The summed E-state index contributed by atoms with van der Waals surface area (Å²) in [5.74, 6) is -4.27. The minimum absolute atomic E-state index is 0.176. The average molecular weight is 365 g/mol. The second-order valence-electron chi connectivity index (χ2n) is 5.11. The van der Waals surface area contributed by atoms with Crippen LogP contribution in [0.25, 0.3) is 0 Å². The van der Waals surface area contributed by atoms with E-state index in [1.165, 1.54) is 12.1 Å². The third kappa shape index (κ3) is 6.08. The molecule has 1 N–H and O–H groups in total. The van der Waals surface area contributed by atoms with Crippen molar-refractivity contribution in [1.29, 1.82) is 0 Å². The van der Waals surface area contributed by atoms with E-state index in [1.54, 1.807) is 12.1 Å². The van der Waals surface area contributed by atoms with Crippen LogP contribution in [0.5, 0.6) is 0 Å². The van der Waals surface area contributed by atoms with Gasteiger partial charge in [-0.1, -0.05) is 23.9 Å². The zero-order valence-corrected chi connectivity index (χ0v) is 13.8. The van der Waals surface area contributed by atoms with E-state index in [9.17, 15) is 22.0 Å². The van der Waals surface area contributed by atoms with Crippen LogP contribution in [0.1, 0.15) is 12.8 Å². The van der Waals surface area contributed by atoms with Crippen LogP contribution in [0, 0.1) is 0 Å². The van der Waals surface area contributed by atoms with E-state index in [0.29, 0.717) is 24.8 Å². The predicted octanol–water partition coefficient (Wildman–Crippen LogP) is 2.53. The number of hydrogen-bond donors (Lipinski definition) is 1. The molecule has 0 radical (unpaired) electrons. The van der Waals surface area contributed by atoms with Gasteiger partial charge in [0, 0.05) is 11.5 Å². The van der Waals surface area contributed by atoms with Crippen molar-refractivity contribution in [2.24, 2.45) is 0 Å². The molecule has 1 saturated heterocycles. The number of amides is 1. The van der Waals surface area contributed by atoms with Crippen LogP contribution in [0.15, 0.2) is 29.2 Å². The zero-order chi connectivity index (χ0) is 16.9. The van der Waals surface area contributed by atoms with Gasteiger partial charge >= 0.3 is 0 Å². The fourth-order valence-electron chi connectivity index (χ4n) is 2.27. The standard InChI is InChI=1S/C14H17F2NO4S2/c15-14(16)22-12-6-2-1-5-11(12)17-13(18)9-23(19,20)8-10-4-3-7-21-10/h1-2,5-6,10,14H,3-4,7-9H2,(H,17,18)/t10-/m0/s1. The van der Waals surface area contributed by atoms with E-state index in [4.69, 9.17) is 4.74 Å². The Balaban J connectivity index is 1.96. The molecule has 1 fully saturated rings. The van der Waals surface area contributed by atoms with Gasteiger partial charge < -0.3 is 10.1 Å². The Morgan fingerprint density at radius 1 is 1.39 bits per heavy atom. The van der Waals surface area contributed by atoms with Gasteiger partial charge in [-0.05, 0) is 25.0 Å². The van der Waals surface area contributed by atoms with Gasteiger partial charge in [-0.25, -0.2) is 8.42 Å². The van der Waals surface area contributed by atoms with E-state index in [1.807, 2.05) is 0 Å². The minimum Gasteiger partial charge on any atom is -0.377 e. The number of anilines is 1. The molecular weight excluding hydrogens is 348 g/mol.